The Morgan fingerprint density at radius 3 is 2.48 bits per heavy atom. The number of amides is 2. The zero-order chi connectivity index (χ0) is 22.9. The van der Waals surface area contributed by atoms with Gasteiger partial charge in [0.15, 0.2) is 0 Å². The van der Waals surface area contributed by atoms with E-state index < -0.39 is 17.5 Å². The third-order valence-corrected chi connectivity index (χ3v) is 5.54. The molecule has 5 rings (SSSR count). The molecule has 1 N–H and O–H groups in total. The average molecular weight is 441 g/mol. The topological polar surface area (TPSA) is 61.8 Å². The Morgan fingerprint density at radius 1 is 0.970 bits per heavy atom. The van der Waals surface area contributed by atoms with Crippen LogP contribution < -0.4 is 10.3 Å². The average Bonchev–Trinajstić information content (AvgIpc) is 3.09. The lowest BCUT2D eigenvalue weighted by molar-refractivity contribution is 0.0953. The van der Waals surface area contributed by atoms with E-state index in [2.05, 4.69) is 10.5 Å². The number of halogens is 2. The first-order valence-corrected chi connectivity index (χ1v) is 10.2. The van der Waals surface area contributed by atoms with Gasteiger partial charge in [-0.25, -0.2) is 14.2 Å². The smallest absolute Gasteiger partial charge is 0.271 e. The minimum atomic E-state index is -0.772. The van der Waals surface area contributed by atoms with Crippen LogP contribution in [0.3, 0.4) is 0 Å². The molecule has 0 radical (unpaired) electrons. The quantitative estimate of drug-likeness (QED) is 0.348. The van der Waals surface area contributed by atoms with Crippen LogP contribution in [0.4, 0.5) is 14.5 Å². The summed E-state index contributed by atoms with van der Waals surface area (Å²) in [6.07, 6.45) is 1.11. The van der Waals surface area contributed by atoms with Crippen LogP contribution in [0.15, 0.2) is 84.0 Å². The molecule has 162 valence electrons. The van der Waals surface area contributed by atoms with Gasteiger partial charge < -0.3 is 4.90 Å². The number of nitrogens with one attached hydrogen (secondary N) is 1. The Hall–Kier alpha value is -4.39. The number of nitrogens with zero attached hydrogens (tertiary/aromatic N) is 2. The molecule has 1 aliphatic rings. The Labute approximate surface area is 188 Å². The van der Waals surface area contributed by atoms with Crippen molar-refractivity contribution >= 4 is 34.5 Å². The van der Waals surface area contributed by atoms with Gasteiger partial charge in [-0.05, 0) is 47.3 Å². The summed E-state index contributed by atoms with van der Waals surface area (Å²) < 4.78 is 26.6. The number of hydrogen-bond acceptors (Lipinski definition) is 3. The van der Waals surface area contributed by atoms with E-state index in [9.17, 15) is 18.4 Å². The predicted octanol–water partition coefficient (Wildman–Crippen LogP) is 5.04. The van der Waals surface area contributed by atoms with Gasteiger partial charge in [-0.2, -0.15) is 5.10 Å². The predicted molar refractivity (Wildman–Crippen MR) is 122 cm³/mol. The lowest BCUT2D eigenvalue weighted by atomic mass is 10.1. The first kappa shape index (κ1) is 20.5. The van der Waals surface area contributed by atoms with E-state index in [4.69, 9.17) is 0 Å². The van der Waals surface area contributed by atoms with Crippen LogP contribution in [-0.2, 0) is 6.54 Å². The molecule has 7 heteroatoms. The lowest BCUT2D eigenvalue weighted by Crippen LogP contribution is -2.26. The molecule has 0 saturated carbocycles. The van der Waals surface area contributed by atoms with Gasteiger partial charge in [-0.1, -0.05) is 36.4 Å². The summed E-state index contributed by atoms with van der Waals surface area (Å²) in [6, 6.07) is 21.4. The number of hydrogen-bond donors (Lipinski definition) is 1. The van der Waals surface area contributed by atoms with Gasteiger partial charge in [-0.3, -0.25) is 9.59 Å². The Bertz CT molecular complexity index is 1430. The molecule has 1 heterocycles. The molecular formula is C26H17F2N3O2. The second kappa shape index (κ2) is 8.27. The van der Waals surface area contributed by atoms with Crippen molar-refractivity contribution in [1.29, 1.82) is 0 Å². The largest absolute Gasteiger partial charge is 0.303 e. The van der Waals surface area contributed by atoms with Gasteiger partial charge >= 0.3 is 0 Å². The minimum absolute atomic E-state index is 0.0500. The van der Waals surface area contributed by atoms with Crippen molar-refractivity contribution < 1.29 is 18.4 Å². The fourth-order valence-corrected chi connectivity index (χ4v) is 3.91. The van der Waals surface area contributed by atoms with E-state index in [1.54, 1.807) is 29.2 Å². The molecule has 4 aromatic carbocycles. The molecule has 0 aromatic heterocycles. The fourth-order valence-electron chi connectivity index (χ4n) is 3.91. The van der Waals surface area contributed by atoms with Crippen molar-refractivity contribution in [3.05, 3.63) is 113 Å². The highest BCUT2D eigenvalue weighted by Gasteiger charge is 2.29. The summed E-state index contributed by atoms with van der Waals surface area (Å²) in [7, 11) is 0. The molecule has 4 aromatic rings. The zero-order valence-electron chi connectivity index (χ0n) is 17.3. The van der Waals surface area contributed by atoms with Crippen LogP contribution in [0.25, 0.3) is 10.8 Å². The number of benzene rings is 4. The number of hydrazone groups is 1. The van der Waals surface area contributed by atoms with Gasteiger partial charge in [-0.15, -0.1) is 0 Å². The highest BCUT2D eigenvalue weighted by molar-refractivity contribution is 6.24. The van der Waals surface area contributed by atoms with E-state index in [0.29, 0.717) is 17.7 Å². The molecule has 0 unspecified atom stereocenters. The van der Waals surface area contributed by atoms with Crippen molar-refractivity contribution in [3.8, 4) is 0 Å². The van der Waals surface area contributed by atoms with E-state index in [0.717, 1.165) is 40.4 Å². The molecule has 2 amide bonds. The van der Waals surface area contributed by atoms with Gasteiger partial charge in [0.1, 0.15) is 11.6 Å². The molecule has 0 atom stereocenters. The van der Waals surface area contributed by atoms with Crippen molar-refractivity contribution in [2.75, 3.05) is 4.90 Å². The number of carbonyl (C=O) groups excluding carboxylic acids is 2. The summed E-state index contributed by atoms with van der Waals surface area (Å²) in [5, 5.41) is 5.71. The first-order chi connectivity index (χ1) is 16.0. The van der Waals surface area contributed by atoms with Gasteiger partial charge in [0.05, 0.1) is 18.4 Å². The van der Waals surface area contributed by atoms with E-state index in [1.165, 1.54) is 6.07 Å². The van der Waals surface area contributed by atoms with Crippen LogP contribution in [0.1, 0.15) is 31.8 Å². The van der Waals surface area contributed by atoms with Crippen LogP contribution in [0.5, 0.6) is 0 Å². The molecule has 1 aliphatic heterocycles. The van der Waals surface area contributed by atoms with Gasteiger partial charge in [0.2, 0.25) is 0 Å². The van der Waals surface area contributed by atoms with Gasteiger partial charge in [0.25, 0.3) is 11.8 Å². The molecule has 33 heavy (non-hydrogen) atoms. The van der Waals surface area contributed by atoms with Gasteiger partial charge in [0, 0.05) is 28.1 Å². The summed E-state index contributed by atoms with van der Waals surface area (Å²) in [5.74, 6) is -1.99. The normalized spacial score (nSPS) is 12.7. The summed E-state index contributed by atoms with van der Waals surface area (Å²) in [4.78, 5) is 27.0. The van der Waals surface area contributed by atoms with E-state index in [1.807, 2.05) is 36.4 Å². The molecule has 0 aliphatic carbocycles. The zero-order valence-corrected chi connectivity index (χ0v) is 17.3. The highest BCUT2D eigenvalue weighted by Crippen LogP contribution is 2.37. The van der Waals surface area contributed by atoms with Crippen LogP contribution in [0.2, 0.25) is 0 Å². The first-order valence-electron chi connectivity index (χ1n) is 10.2. The maximum Gasteiger partial charge on any atom is 0.271 e. The SMILES string of the molecule is O=C(NN=Cc1ccc(F)cc1F)c1ccc(CN2C(=O)c3cccc4cccc2c34)cc1. The number of rotatable bonds is 5. The highest BCUT2D eigenvalue weighted by atomic mass is 19.1. The minimum Gasteiger partial charge on any atom is -0.303 e. The van der Waals surface area contributed by atoms with Crippen molar-refractivity contribution in [1.82, 2.24) is 5.43 Å². The van der Waals surface area contributed by atoms with E-state index in [-0.39, 0.29) is 11.5 Å². The molecule has 0 saturated heterocycles. The third-order valence-electron chi connectivity index (χ3n) is 5.54. The molecule has 0 fully saturated rings. The standard InChI is InChI=1S/C26H17F2N3O2/c27-20-12-11-19(22(28)13-20)14-29-30-25(32)18-9-7-16(8-10-18)15-31-23-6-2-4-17-3-1-5-21(24(17)23)26(31)33/h1-14H,15H2,(H,30,32). The van der Waals surface area contributed by atoms with E-state index >= 15 is 0 Å². The lowest BCUT2D eigenvalue weighted by Gasteiger charge is -2.18. The third kappa shape index (κ3) is 3.85. The Balaban J connectivity index is 1.27. The van der Waals surface area contributed by atoms with Crippen LogP contribution in [-0.4, -0.2) is 18.0 Å². The Morgan fingerprint density at radius 2 is 1.73 bits per heavy atom. The molecule has 5 nitrogen and oxygen atoms in total. The molecule has 0 bridgehead atoms. The molecule has 0 spiro atoms. The van der Waals surface area contributed by atoms with Crippen molar-refractivity contribution in [2.24, 2.45) is 5.10 Å². The monoisotopic (exact) mass is 441 g/mol. The fraction of sp³-hybridized carbons (Fsp3) is 0.0385. The maximum atomic E-state index is 13.6. The Kier molecular flexibility index (Phi) is 5.14. The second-order valence-electron chi connectivity index (χ2n) is 7.63. The second-order valence-corrected chi connectivity index (χ2v) is 7.63. The summed E-state index contributed by atoms with van der Waals surface area (Å²) in [6.45, 7) is 0.372. The van der Waals surface area contributed by atoms with Crippen LogP contribution >= 0.6 is 0 Å². The van der Waals surface area contributed by atoms with Crippen molar-refractivity contribution in [3.63, 3.8) is 0 Å². The number of anilines is 1. The van der Waals surface area contributed by atoms with Crippen LogP contribution in [0, 0.1) is 11.6 Å². The van der Waals surface area contributed by atoms with Crippen molar-refractivity contribution in [2.45, 2.75) is 6.54 Å². The summed E-state index contributed by atoms with van der Waals surface area (Å²) in [5.41, 5.74) is 5.15. The molecular weight excluding hydrogens is 424 g/mol. The summed E-state index contributed by atoms with van der Waals surface area (Å²) >= 11 is 0. The number of carbonyl (C=O) groups is 2. The maximum absolute atomic E-state index is 13.6.